The van der Waals surface area contributed by atoms with Gasteiger partial charge in [-0.2, -0.15) is 5.10 Å². The van der Waals surface area contributed by atoms with Crippen molar-refractivity contribution in [3.63, 3.8) is 0 Å². The largest absolute Gasteiger partial charge is 0.335 e. The van der Waals surface area contributed by atoms with Gasteiger partial charge in [0.25, 0.3) is 5.91 Å². The number of piperidine rings is 1. The van der Waals surface area contributed by atoms with Crippen LogP contribution in [0.5, 0.6) is 0 Å². The van der Waals surface area contributed by atoms with E-state index < -0.39 is 0 Å². The Balaban J connectivity index is 1.70. The molecule has 0 N–H and O–H groups in total. The highest BCUT2D eigenvalue weighted by molar-refractivity contribution is 6.09. The quantitative estimate of drug-likeness (QED) is 0.684. The highest BCUT2D eigenvalue weighted by Crippen LogP contribution is 2.40. The molecule has 28 heavy (non-hydrogen) atoms. The number of benzene rings is 1. The molecular formula is C23H26N4O. The number of carbonyl (C=O) groups is 1. The summed E-state index contributed by atoms with van der Waals surface area (Å²) < 4.78 is 1.90. The van der Waals surface area contributed by atoms with Gasteiger partial charge in [-0.25, -0.2) is 4.98 Å². The third-order valence-corrected chi connectivity index (χ3v) is 6.50. The molecule has 2 aliphatic rings. The van der Waals surface area contributed by atoms with Gasteiger partial charge in [0, 0.05) is 36.3 Å². The topological polar surface area (TPSA) is 51.0 Å². The van der Waals surface area contributed by atoms with E-state index in [4.69, 9.17) is 4.98 Å². The van der Waals surface area contributed by atoms with E-state index in [2.05, 4.69) is 36.0 Å². The second-order valence-electron chi connectivity index (χ2n) is 8.36. The molecule has 0 unspecified atom stereocenters. The van der Waals surface area contributed by atoms with Gasteiger partial charge in [0.05, 0.1) is 23.0 Å². The van der Waals surface area contributed by atoms with Crippen LogP contribution in [0.25, 0.3) is 22.2 Å². The number of aromatic nitrogens is 3. The SMILES string of the molecule is CCn1cc(-c2nc3ccc(C)cc3c(C(=O)N3C[C@H]4CC[C@H]3C4)c2C)cn1. The summed E-state index contributed by atoms with van der Waals surface area (Å²) in [6, 6.07) is 6.62. The molecule has 5 rings (SSSR count). The van der Waals surface area contributed by atoms with E-state index in [0.29, 0.717) is 12.0 Å². The maximum atomic E-state index is 13.7. The van der Waals surface area contributed by atoms with Crippen molar-refractivity contribution in [2.24, 2.45) is 5.92 Å². The van der Waals surface area contributed by atoms with E-state index in [0.717, 1.165) is 58.4 Å². The molecule has 5 heteroatoms. The van der Waals surface area contributed by atoms with Crippen LogP contribution >= 0.6 is 0 Å². The monoisotopic (exact) mass is 374 g/mol. The van der Waals surface area contributed by atoms with Crippen molar-refractivity contribution in [3.8, 4) is 11.3 Å². The van der Waals surface area contributed by atoms with Crippen LogP contribution in [0.2, 0.25) is 0 Å². The smallest absolute Gasteiger partial charge is 0.255 e. The lowest BCUT2D eigenvalue weighted by molar-refractivity contribution is 0.0705. The number of pyridine rings is 1. The molecule has 2 bridgehead atoms. The molecular weight excluding hydrogens is 348 g/mol. The van der Waals surface area contributed by atoms with Gasteiger partial charge in [-0.3, -0.25) is 9.48 Å². The van der Waals surface area contributed by atoms with E-state index in [1.807, 2.05) is 30.1 Å². The highest BCUT2D eigenvalue weighted by atomic mass is 16.2. The summed E-state index contributed by atoms with van der Waals surface area (Å²) in [5, 5.41) is 5.38. The van der Waals surface area contributed by atoms with Gasteiger partial charge in [0.15, 0.2) is 0 Å². The molecule has 2 atom stereocenters. The lowest BCUT2D eigenvalue weighted by Gasteiger charge is -2.28. The standard InChI is InChI=1S/C23H26N4O/c1-4-26-13-17(11-24-26)22-15(3)21(19-9-14(2)5-8-20(19)25-22)23(28)27-12-16-6-7-18(27)10-16/h5,8-9,11,13,16,18H,4,6-7,10,12H2,1-3H3/t16-,18-/m0/s1. The van der Waals surface area contributed by atoms with Gasteiger partial charge < -0.3 is 4.90 Å². The summed E-state index contributed by atoms with van der Waals surface area (Å²) in [5.41, 5.74) is 5.64. The van der Waals surface area contributed by atoms with Crippen molar-refractivity contribution in [1.82, 2.24) is 19.7 Å². The number of hydrogen-bond donors (Lipinski definition) is 0. The summed E-state index contributed by atoms with van der Waals surface area (Å²) in [5.74, 6) is 0.859. The predicted molar refractivity (Wildman–Crippen MR) is 110 cm³/mol. The van der Waals surface area contributed by atoms with Crippen LogP contribution in [0.15, 0.2) is 30.6 Å². The van der Waals surface area contributed by atoms with E-state index >= 15 is 0 Å². The number of carbonyl (C=O) groups excluding carboxylic acids is 1. The molecule has 1 aliphatic carbocycles. The van der Waals surface area contributed by atoms with Crippen molar-refractivity contribution in [3.05, 3.63) is 47.3 Å². The van der Waals surface area contributed by atoms with Crippen LogP contribution in [0.4, 0.5) is 0 Å². The zero-order valence-corrected chi connectivity index (χ0v) is 16.8. The number of amides is 1. The molecule has 0 radical (unpaired) electrons. The molecule has 2 aromatic heterocycles. The average molecular weight is 374 g/mol. The molecule has 0 spiro atoms. The predicted octanol–water partition coefficient (Wildman–Crippen LogP) is 4.36. The maximum Gasteiger partial charge on any atom is 0.255 e. The first-order valence-corrected chi connectivity index (χ1v) is 10.3. The normalized spacial score (nSPS) is 21.0. The fourth-order valence-corrected chi connectivity index (χ4v) is 5.00. The number of fused-ring (bicyclic) bond motifs is 3. The summed E-state index contributed by atoms with van der Waals surface area (Å²) in [6.07, 6.45) is 7.45. The minimum absolute atomic E-state index is 0.173. The van der Waals surface area contributed by atoms with Gasteiger partial charge in [-0.15, -0.1) is 0 Å². The summed E-state index contributed by atoms with van der Waals surface area (Å²) >= 11 is 0. The fourth-order valence-electron chi connectivity index (χ4n) is 5.00. The van der Waals surface area contributed by atoms with Crippen molar-refractivity contribution >= 4 is 16.8 Å². The van der Waals surface area contributed by atoms with Crippen molar-refractivity contribution in [2.75, 3.05) is 6.54 Å². The second kappa shape index (κ2) is 6.43. The Hall–Kier alpha value is -2.69. The summed E-state index contributed by atoms with van der Waals surface area (Å²) in [7, 11) is 0. The molecule has 5 nitrogen and oxygen atoms in total. The molecule has 1 amide bonds. The van der Waals surface area contributed by atoms with Crippen molar-refractivity contribution in [2.45, 2.75) is 52.6 Å². The third kappa shape index (κ3) is 2.64. The zero-order valence-electron chi connectivity index (χ0n) is 16.8. The molecule has 3 aromatic rings. The average Bonchev–Trinajstić information content (AvgIpc) is 3.43. The molecule has 3 heterocycles. The second-order valence-corrected chi connectivity index (χ2v) is 8.36. The Labute approximate surface area is 165 Å². The Kier molecular flexibility index (Phi) is 4.00. The van der Waals surface area contributed by atoms with Crippen LogP contribution in [-0.2, 0) is 6.54 Å². The number of aryl methyl sites for hydroxylation is 2. The number of hydrogen-bond acceptors (Lipinski definition) is 3. The van der Waals surface area contributed by atoms with E-state index in [1.165, 1.54) is 12.8 Å². The first-order chi connectivity index (χ1) is 13.5. The van der Waals surface area contributed by atoms with Crippen LogP contribution in [0.1, 0.15) is 47.7 Å². The van der Waals surface area contributed by atoms with Gasteiger partial charge in [0.1, 0.15) is 0 Å². The van der Waals surface area contributed by atoms with Gasteiger partial charge >= 0.3 is 0 Å². The molecule has 1 aromatic carbocycles. The molecule has 1 aliphatic heterocycles. The van der Waals surface area contributed by atoms with Crippen LogP contribution in [-0.4, -0.2) is 38.2 Å². The third-order valence-electron chi connectivity index (χ3n) is 6.50. The Morgan fingerprint density at radius 2 is 2.11 bits per heavy atom. The summed E-state index contributed by atoms with van der Waals surface area (Å²) in [6.45, 7) is 7.89. The fraction of sp³-hybridized carbons (Fsp3) is 0.435. The highest BCUT2D eigenvalue weighted by Gasteiger charge is 2.41. The van der Waals surface area contributed by atoms with Crippen molar-refractivity contribution < 1.29 is 4.79 Å². The van der Waals surface area contributed by atoms with Crippen molar-refractivity contribution in [1.29, 1.82) is 0 Å². The lowest BCUT2D eigenvalue weighted by Crippen LogP contribution is -2.38. The minimum atomic E-state index is 0.173. The zero-order chi connectivity index (χ0) is 19.4. The van der Waals surface area contributed by atoms with Gasteiger partial charge in [-0.1, -0.05) is 11.6 Å². The van der Waals surface area contributed by atoms with E-state index in [9.17, 15) is 4.79 Å². The number of rotatable bonds is 3. The molecule has 1 saturated heterocycles. The van der Waals surface area contributed by atoms with Gasteiger partial charge in [-0.05, 0) is 63.6 Å². The maximum absolute atomic E-state index is 13.7. The molecule has 2 fully saturated rings. The van der Waals surface area contributed by atoms with Crippen LogP contribution in [0, 0.1) is 19.8 Å². The Morgan fingerprint density at radius 3 is 2.79 bits per heavy atom. The van der Waals surface area contributed by atoms with E-state index in [-0.39, 0.29) is 5.91 Å². The summed E-state index contributed by atoms with van der Waals surface area (Å²) in [4.78, 5) is 20.8. The lowest BCUT2D eigenvalue weighted by atomic mass is 9.96. The van der Waals surface area contributed by atoms with Crippen LogP contribution in [0.3, 0.4) is 0 Å². The first kappa shape index (κ1) is 17.4. The first-order valence-electron chi connectivity index (χ1n) is 10.3. The van der Waals surface area contributed by atoms with Gasteiger partial charge in [0.2, 0.25) is 0 Å². The number of nitrogens with zero attached hydrogens (tertiary/aromatic N) is 4. The minimum Gasteiger partial charge on any atom is -0.335 e. The van der Waals surface area contributed by atoms with Crippen LogP contribution < -0.4 is 0 Å². The Morgan fingerprint density at radius 1 is 1.25 bits per heavy atom. The number of likely N-dealkylation sites (tertiary alicyclic amines) is 1. The molecule has 1 saturated carbocycles. The van der Waals surface area contributed by atoms with E-state index in [1.54, 1.807) is 0 Å². The molecule has 144 valence electrons. The Bertz CT molecular complexity index is 1080.